The molecule has 1 aromatic carbocycles. The SMILES string of the molecule is CCN(CC(C)(C)COCC(C)(CC)CN(CC)C(=O)CCc1ccc(C[C@H]2CN(CC(=O)O)CCN(CC(=O)O)CCN(CC(=O)O)CCN2CC(=O)O)cc1)C(=O)CCCCC(C)C. The van der Waals surface area contributed by atoms with E-state index in [-0.39, 0.29) is 94.6 Å². The minimum absolute atomic E-state index is 0.0435. The molecule has 1 saturated heterocycles. The van der Waals surface area contributed by atoms with Gasteiger partial charge >= 0.3 is 23.9 Å². The molecule has 1 aliphatic rings. The van der Waals surface area contributed by atoms with Gasteiger partial charge in [-0.1, -0.05) is 78.6 Å². The fourth-order valence-corrected chi connectivity index (χ4v) is 8.48. The maximum atomic E-state index is 13.7. The number of ether oxygens (including phenoxy) is 1. The second-order valence-electron chi connectivity index (χ2n) is 19.8. The quantitative estimate of drug-likeness (QED) is 0.0818. The minimum Gasteiger partial charge on any atom is -0.480 e. The molecule has 4 N–H and O–H groups in total. The molecule has 0 saturated carbocycles. The standard InChI is InChI=1S/C49H84N6O11/c1-9-49(8,37-66-36-48(6,7)34-53(10-2)42(56)15-13-12-14-38(4)5)35-54(11-3)43(57)21-20-39-16-18-40(19-17-39)28-41-29-52(32-46(62)63)25-24-50(30-44(58)59)22-23-51(31-45(60)61)26-27-55(41)33-47(64)65/h16-19,38,41H,9-15,20-37H2,1-8H3,(H,58,59)(H,60,61)(H,62,63)(H,64,65)/t41-,49?/m0/s1. The summed E-state index contributed by atoms with van der Waals surface area (Å²) in [6.07, 6.45) is 5.69. The van der Waals surface area contributed by atoms with Crippen molar-refractivity contribution in [2.24, 2.45) is 16.7 Å². The van der Waals surface area contributed by atoms with Crippen LogP contribution >= 0.6 is 0 Å². The molecule has 0 aromatic heterocycles. The minimum atomic E-state index is -1.07. The Morgan fingerprint density at radius 1 is 0.652 bits per heavy atom. The maximum Gasteiger partial charge on any atom is 0.317 e. The Morgan fingerprint density at radius 2 is 1.14 bits per heavy atom. The van der Waals surface area contributed by atoms with Crippen LogP contribution in [0.4, 0.5) is 0 Å². The molecule has 1 fully saturated rings. The highest BCUT2D eigenvalue weighted by Crippen LogP contribution is 2.27. The lowest BCUT2D eigenvalue weighted by Crippen LogP contribution is -2.53. The van der Waals surface area contributed by atoms with E-state index in [1.807, 2.05) is 47.9 Å². The van der Waals surface area contributed by atoms with Crippen LogP contribution in [0.1, 0.15) is 105 Å². The molecule has 1 aliphatic heterocycles. The highest BCUT2D eigenvalue weighted by molar-refractivity contribution is 5.77. The van der Waals surface area contributed by atoms with Gasteiger partial charge in [0.05, 0.1) is 39.4 Å². The van der Waals surface area contributed by atoms with Gasteiger partial charge in [-0.15, -0.1) is 0 Å². The van der Waals surface area contributed by atoms with Gasteiger partial charge in [-0.2, -0.15) is 0 Å². The highest BCUT2D eigenvalue weighted by atomic mass is 16.5. The molecule has 2 amide bonds. The smallest absolute Gasteiger partial charge is 0.317 e. The topological polar surface area (TPSA) is 212 Å². The third-order valence-corrected chi connectivity index (χ3v) is 12.6. The first-order valence-corrected chi connectivity index (χ1v) is 24.1. The Labute approximate surface area is 394 Å². The lowest BCUT2D eigenvalue weighted by Gasteiger charge is -2.37. The van der Waals surface area contributed by atoms with Gasteiger partial charge in [0.2, 0.25) is 11.8 Å². The summed E-state index contributed by atoms with van der Waals surface area (Å²) in [5.41, 5.74) is 1.33. The number of hydrogen-bond donors (Lipinski definition) is 4. The molecular formula is C49H84N6O11. The summed E-state index contributed by atoms with van der Waals surface area (Å²) in [4.78, 5) is 84.8. The molecule has 17 heteroatoms. The second-order valence-corrected chi connectivity index (χ2v) is 19.8. The number of hydrogen-bond acceptors (Lipinski definition) is 11. The van der Waals surface area contributed by atoms with E-state index in [9.17, 15) is 49.2 Å². The molecule has 17 nitrogen and oxygen atoms in total. The summed E-state index contributed by atoms with van der Waals surface area (Å²) in [5.74, 6) is -3.37. The van der Waals surface area contributed by atoms with E-state index in [0.29, 0.717) is 71.0 Å². The summed E-state index contributed by atoms with van der Waals surface area (Å²) in [7, 11) is 0. The van der Waals surface area contributed by atoms with Gasteiger partial charge < -0.3 is 35.0 Å². The van der Waals surface area contributed by atoms with Gasteiger partial charge in [0.1, 0.15) is 0 Å². The molecule has 1 heterocycles. The van der Waals surface area contributed by atoms with E-state index in [2.05, 4.69) is 41.5 Å². The van der Waals surface area contributed by atoms with Gasteiger partial charge in [0, 0.05) is 102 Å². The molecule has 376 valence electrons. The Morgan fingerprint density at radius 3 is 1.65 bits per heavy atom. The van der Waals surface area contributed by atoms with Crippen LogP contribution in [-0.4, -0.2) is 203 Å². The zero-order valence-corrected chi connectivity index (χ0v) is 41.5. The van der Waals surface area contributed by atoms with Crippen molar-refractivity contribution >= 4 is 35.7 Å². The Kier molecular flexibility index (Phi) is 26.0. The van der Waals surface area contributed by atoms with Crippen LogP contribution in [0.3, 0.4) is 0 Å². The molecule has 0 radical (unpaired) electrons. The van der Waals surface area contributed by atoms with E-state index in [0.717, 1.165) is 36.8 Å². The zero-order chi connectivity index (χ0) is 49.5. The number of carboxylic acid groups (broad SMARTS) is 4. The lowest BCUT2D eigenvalue weighted by molar-refractivity contribution is -0.142. The molecule has 66 heavy (non-hydrogen) atoms. The van der Waals surface area contributed by atoms with Gasteiger partial charge in [-0.05, 0) is 56.6 Å². The largest absolute Gasteiger partial charge is 0.480 e. The molecular weight excluding hydrogens is 849 g/mol. The Bertz CT molecular complexity index is 1660. The van der Waals surface area contributed by atoms with Crippen molar-refractivity contribution in [2.75, 3.05) is 111 Å². The van der Waals surface area contributed by atoms with Crippen LogP contribution in [0, 0.1) is 16.7 Å². The first-order valence-electron chi connectivity index (χ1n) is 24.1. The average Bonchev–Trinajstić information content (AvgIpc) is 3.23. The summed E-state index contributed by atoms with van der Waals surface area (Å²) in [6, 6.07) is 7.31. The number of unbranched alkanes of at least 4 members (excludes halogenated alkanes) is 1. The number of nitrogens with zero attached hydrogens (tertiary/aromatic N) is 6. The highest BCUT2D eigenvalue weighted by Gasteiger charge is 2.31. The van der Waals surface area contributed by atoms with E-state index >= 15 is 0 Å². The average molecular weight is 933 g/mol. The predicted molar refractivity (Wildman–Crippen MR) is 255 cm³/mol. The second kappa shape index (κ2) is 29.6. The van der Waals surface area contributed by atoms with Crippen molar-refractivity contribution in [3.63, 3.8) is 0 Å². The lowest BCUT2D eigenvalue weighted by atomic mass is 9.87. The van der Waals surface area contributed by atoms with Gasteiger partial charge in [-0.25, -0.2) is 0 Å². The van der Waals surface area contributed by atoms with Crippen LogP contribution < -0.4 is 0 Å². The van der Waals surface area contributed by atoms with Crippen LogP contribution in [0.2, 0.25) is 0 Å². The molecule has 0 spiro atoms. The first kappa shape index (κ1) is 58.0. The van der Waals surface area contributed by atoms with Crippen LogP contribution in [0.15, 0.2) is 24.3 Å². The Hall–Kier alpha value is -4.16. The van der Waals surface area contributed by atoms with E-state index < -0.39 is 29.9 Å². The zero-order valence-electron chi connectivity index (χ0n) is 41.5. The number of carbonyl (C=O) groups excluding carboxylic acids is 2. The maximum absolute atomic E-state index is 13.7. The summed E-state index contributed by atoms with van der Waals surface area (Å²) < 4.78 is 6.36. The van der Waals surface area contributed by atoms with Crippen molar-refractivity contribution < 1.29 is 53.9 Å². The number of carbonyl (C=O) groups is 6. The van der Waals surface area contributed by atoms with E-state index in [1.165, 1.54) is 0 Å². The molecule has 1 aromatic rings. The molecule has 2 rings (SSSR count). The number of benzene rings is 1. The fraction of sp³-hybridized carbons (Fsp3) is 0.755. The summed E-state index contributed by atoms with van der Waals surface area (Å²) in [5, 5.41) is 38.8. The number of aryl methyl sites for hydroxylation is 1. The predicted octanol–water partition coefficient (Wildman–Crippen LogP) is 4.46. The number of amides is 2. The molecule has 1 unspecified atom stereocenters. The van der Waals surface area contributed by atoms with Gasteiger partial charge in [0.15, 0.2) is 0 Å². The van der Waals surface area contributed by atoms with Crippen molar-refractivity contribution in [1.82, 2.24) is 29.4 Å². The van der Waals surface area contributed by atoms with Gasteiger partial charge in [0.25, 0.3) is 0 Å². The fourth-order valence-electron chi connectivity index (χ4n) is 8.48. The summed E-state index contributed by atoms with van der Waals surface area (Å²) in [6.45, 7) is 20.5. The number of rotatable bonds is 29. The normalized spacial score (nSPS) is 17.4. The third-order valence-electron chi connectivity index (χ3n) is 12.6. The summed E-state index contributed by atoms with van der Waals surface area (Å²) >= 11 is 0. The van der Waals surface area contributed by atoms with Gasteiger partial charge in [-0.3, -0.25) is 48.4 Å². The van der Waals surface area contributed by atoms with Crippen LogP contribution in [0.5, 0.6) is 0 Å². The number of aliphatic carboxylic acids is 4. The monoisotopic (exact) mass is 933 g/mol. The van der Waals surface area contributed by atoms with Crippen molar-refractivity contribution in [3.05, 3.63) is 35.4 Å². The van der Waals surface area contributed by atoms with Crippen LogP contribution in [-0.2, 0) is 46.3 Å². The third kappa shape index (κ3) is 23.5. The van der Waals surface area contributed by atoms with Crippen molar-refractivity contribution in [2.45, 2.75) is 113 Å². The molecule has 0 bridgehead atoms. The van der Waals surface area contributed by atoms with E-state index in [4.69, 9.17) is 4.74 Å². The number of carboxylic acids is 4. The van der Waals surface area contributed by atoms with E-state index in [1.54, 1.807) is 19.6 Å². The van der Waals surface area contributed by atoms with Crippen LogP contribution in [0.25, 0.3) is 0 Å². The molecule has 0 aliphatic carbocycles. The van der Waals surface area contributed by atoms with Crippen molar-refractivity contribution in [1.29, 1.82) is 0 Å². The first-order chi connectivity index (χ1) is 31.1. The Balaban J connectivity index is 2.13. The molecule has 2 atom stereocenters. The van der Waals surface area contributed by atoms with Crippen molar-refractivity contribution in [3.8, 4) is 0 Å².